The van der Waals surface area contributed by atoms with E-state index in [1.807, 2.05) is 11.8 Å². The van der Waals surface area contributed by atoms with E-state index in [1.54, 1.807) is 25.3 Å². The summed E-state index contributed by atoms with van der Waals surface area (Å²) in [6.07, 6.45) is 2.14. The number of amides is 1. The molecule has 2 N–H and O–H groups in total. The number of ether oxygens (including phenoxy) is 2. The molecule has 1 aromatic rings. The molecule has 1 aliphatic rings. The van der Waals surface area contributed by atoms with Crippen molar-refractivity contribution >= 4 is 11.6 Å². The Kier molecular flexibility index (Phi) is 4.84. The number of hydrogen-bond donors (Lipinski definition) is 1. The van der Waals surface area contributed by atoms with E-state index in [0.717, 1.165) is 19.4 Å². The van der Waals surface area contributed by atoms with Gasteiger partial charge in [0.15, 0.2) is 0 Å². The fourth-order valence-electron chi connectivity index (χ4n) is 2.52. The van der Waals surface area contributed by atoms with Gasteiger partial charge in [0.25, 0.3) is 5.91 Å². The van der Waals surface area contributed by atoms with Gasteiger partial charge in [-0.25, -0.2) is 0 Å². The van der Waals surface area contributed by atoms with E-state index in [0.29, 0.717) is 30.2 Å². The molecule has 0 saturated carbocycles. The van der Waals surface area contributed by atoms with Crippen molar-refractivity contribution in [3.8, 4) is 5.75 Å². The quantitative estimate of drug-likeness (QED) is 0.855. The second kappa shape index (κ2) is 6.61. The average molecular weight is 278 g/mol. The molecule has 1 heterocycles. The molecule has 1 aliphatic heterocycles. The van der Waals surface area contributed by atoms with E-state index in [2.05, 4.69) is 0 Å². The van der Waals surface area contributed by atoms with Crippen molar-refractivity contribution < 1.29 is 14.3 Å². The standard InChI is InChI=1S/C15H22N2O3/c1-3-20-12-5-4-8-17(10-12)15(18)11-6-7-13(16)14(9-11)19-2/h6-7,9,12H,3-5,8,10,16H2,1-2H3. The van der Waals surface area contributed by atoms with Gasteiger partial charge in [0.2, 0.25) is 0 Å². The number of nitrogens with two attached hydrogens (primary N) is 1. The van der Waals surface area contributed by atoms with Crippen molar-refractivity contribution in [1.29, 1.82) is 0 Å². The lowest BCUT2D eigenvalue weighted by atomic mass is 10.1. The van der Waals surface area contributed by atoms with E-state index >= 15 is 0 Å². The highest BCUT2D eigenvalue weighted by Crippen LogP contribution is 2.24. The first-order valence-electron chi connectivity index (χ1n) is 7.00. The summed E-state index contributed by atoms with van der Waals surface area (Å²) in [5, 5.41) is 0. The van der Waals surface area contributed by atoms with Gasteiger partial charge in [-0.2, -0.15) is 0 Å². The molecule has 1 saturated heterocycles. The van der Waals surface area contributed by atoms with Gasteiger partial charge in [0.1, 0.15) is 5.75 Å². The van der Waals surface area contributed by atoms with Gasteiger partial charge in [0.05, 0.1) is 18.9 Å². The number of nitrogen functional groups attached to an aromatic ring is 1. The molecule has 20 heavy (non-hydrogen) atoms. The Morgan fingerprint density at radius 2 is 2.30 bits per heavy atom. The maximum absolute atomic E-state index is 12.5. The highest BCUT2D eigenvalue weighted by Gasteiger charge is 2.25. The molecular weight excluding hydrogens is 256 g/mol. The minimum Gasteiger partial charge on any atom is -0.495 e. The van der Waals surface area contributed by atoms with Crippen LogP contribution in [0.3, 0.4) is 0 Å². The van der Waals surface area contributed by atoms with Gasteiger partial charge in [-0.1, -0.05) is 0 Å². The Hall–Kier alpha value is -1.75. The fourth-order valence-corrected chi connectivity index (χ4v) is 2.52. The molecule has 2 rings (SSSR count). The van der Waals surface area contributed by atoms with Gasteiger partial charge in [0, 0.05) is 25.3 Å². The van der Waals surface area contributed by atoms with Crippen LogP contribution in [-0.2, 0) is 4.74 Å². The van der Waals surface area contributed by atoms with Crippen LogP contribution in [0.25, 0.3) is 0 Å². The second-order valence-corrected chi connectivity index (χ2v) is 4.93. The van der Waals surface area contributed by atoms with Crippen molar-refractivity contribution in [2.45, 2.75) is 25.9 Å². The number of likely N-dealkylation sites (tertiary alicyclic amines) is 1. The summed E-state index contributed by atoms with van der Waals surface area (Å²) in [6.45, 7) is 4.09. The molecule has 110 valence electrons. The van der Waals surface area contributed by atoms with Crippen molar-refractivity contribution in [1.82, 2.24) is 4.90 Å². The molecular formula is C15H22N2O3. The van der Waals surface area contributed by atoms with E-state index in [1.165, 1.54) is 0 Å². The van der Waals surface area contributed by atoms with Crippen molar-refractivity contribution in [3.05, 3.63) is 23.8 Å². The molecule has 1 unspecified atom stereocenters. The summed E-state index contributed by atoms with van der Waals surface area (Å²) in [6, 6.07) is 5.14. The molecule has 1 aromatic carbocycles. The SMILES string of the molecule is CCOC1CCCN(C(=O)c2ccc(N)c(OC)c2)C1. The van der Waals surface area contributed by atoms with Gasteiger partial charge in [-0.3, -0.25) is 4.79 Å². The Bertz CT molecular complexity index is 474. The highest BCUT2D eigenvalue weighted by atomic mass is 16.5. The molecule has 0 aliphatic carbocycles. The van der Waals surface area contributed by atoms with Gasteiger partial charge >= 0.3 is 0 Å². The van der Waals surface area contributed by atoms with Gasteiger partial charge < -0.3 is 20.1 Å². The van der Waals surface area contributed by atoms with E-state index < -0.39 is 0 Å². The first kappa shape index (κ1) is 14.7. The number of anilines is 1. The smallest absolute Gasteiger partial charge is 0.254 e. The molecule has 0 bridgehead atoms. The number of rotatable bonds is 4. The maximum atomic E-state index is 12.5. The summed E-state index contributed by atoms with van der Waals surface area (Å²) in [5.74, 6) is 0.543. The van der Waals surface area contributed by atoms with Crippen molar-refractivity contribution in [2.75, 3.05) is 32.5 Å². The van der Waals surface area contributed by atoms with Gasteiger partial charge in [-0.05, 0) is 38.0 Å². The maximum Gasteiger partial charge on any atom is 0.254 e. The normalized spacial score (nSPS) is 18.9. The Morgan fingerprint density at radius 1 is 1.50 bits per heavy atom. The third-order valence-corrected chi connectivity index (χ3v) is 3.55. The van der Waals surface area contributed by atoms with Crippen LogP contribution in [0.4, 0.5) is 5.69 Å². The lowest BCUT2D eigenvalue weighted by Crippen LogP contribution is -2.43. The molecule has 5 heteroatoms. The number of carbonyl (C=O) groups is 1. The molecule has 1 amide bonds. The number of methoxy groups -OCH3 is 1. The van der Waals surface area contributed by atoms with Crippen LogP contribution >= 0.6 is 0 Å². The van der Waals surface area contributed by atoms with E-state index in [-0.39, 0.29) is 12.0 Å². The topological polar surface area (TPSA) is 64.8 Å². The van der Waals surface area contributed by atoms with Crippen LogP contribution in [0, 0.1) is 0 Å². The number of carbonyl (C=O) groups excluding carboxylic acids is 1. The van der Waals surface area contributed by atoms with Crippen LogP contribution in [0.15, 0.2) is 18.2 Å². The number of hydrogen-bond acceptors (Lipinski definition) is 4. The Balaban J connectivity index is 2.10. The zero-order valence-corrected chi connectivity index (χ0v) is 12.1. The average Bonchev–Trinajstić information content (AvgIpc) is 2.48. The van der Waals surface area contributed by atoms with E-state index in [9.17, 15) is 4.79 Å². The lowest BCUT2D eigenvalue weighted by Gasteiger charge is -2.32. The van der Waals surface area contributed by atoms with Crippen LogP contribution < -0.4 is 10.5 Å². The predicted octanol–water partition coefficient (Wildman–Crippen LogP) is 1.92. The van der Waals surface area contributed by atoms with Gasteiger partial charge in [-0.15, -0.1) is 0 Å². The predicted molar refractivity (Wildman–Crippen MR) is 78.0 cm³/mol. The molecule has 0 radical (unpaired) electrons. The molecule has 0 aromatic heterocycles. The van der Waals surface area contributed by atoms with Crippen LogP contribution in [-0.4, -0.2) is 43.7 Å². The fraction of sp³-hybridized carbons (Fsp3) is 0.533. The summed E-state index contributed by atoms with van der Waals surface area (Å²) >= 11 is 0. The highest BCUT2D eigenvalue weighted by molar-refractivity contribution is 5.95. The monoisotopic (exact) mass is 278 g/mol. The third kappa shape index (κ3) is 3.22. The minimum atomic E-state index is 0.00713. The summed E-state index contributed by atoms with van der Waals surface area (Å²) in [7, 11) is 1.55. The molecule has 1 atom stereocenters. The molecule has 1 fully saturated rings. The third-order valence-electron chi connectivity index (χ3n) is 3.55. The van der Waals surface area contributed by atoms with Crippen LogP contribution in [0.5, 0.6) is 5.75 Å². The first-order chi connectivity index (χ1) is 9.65. The number of nitrogens with zero attached hydrogens (tertiary/aromatic N) is 1. The molecule has 5 nitrogen and oxygen atoms in total. The number of piperidine rings is 1. The Labute approximate surface area is 119 Å². The largest absolute Gasteiger partial charge is 0.495 e. The lowest BCUT2D eigenvalue weighted by molar-refractivity contribution is 0.00723. The van der Waals surface area contributed by atoms with Crippen LogP contribution in [0.1, 0.15) is 30.1 Å². The summed E-state index contributed by atoms with van der Waals surface area (Å²) in [4.78, 5) is 14.3. The first-order valence-corrected chi connectivity index (χ1v) is 7.00. The zero-order chi connectivity index (χ0) is 14.5. The Morgan fingerprint density at radius 3 is 3.00 bits per heavy atom. The van der Waals surface area contributed by atoms with Crippen molar-refractivity contribution in [2.24, 2.45) is 0 Å². The van der Waals surface area contributed by atoms with Crippen molar-refractivity contribution in [3.63, 3.8) is 0 Å². The summed E-state index contributed by atoms with van der Waals surface area (Å²) in [5.41, 5.74) is 6.91. The number of benzene rings is 1. The summed E-state index contributed by atoms with van der Waals surface area (Å²) < 4.78 is 10.8. The van der Waals surface area contributed by atoms with Crippen LogP contribution in [0.2, 0.25) is 0 Å². The van der Waals surface area contributed by atoms with E-state index in [4.69, 9.17) is 15.2 Å². The molecule has 0 spiro atoms. The second-order valence-electron chi connectivity index (χ2n) is 4.93. The minimum absolute atomic E-state index is 0.00713. The zero-order valence-electron chi connectivity index (χ0n) is 12.1.